The molecule has 3 rings (SSSR count). The average molecular weight is 308 g/mol. The van der Waals surface area contributed by atoms with E-state index in [1.54, 1.807) is 24.3 Å². The molecule has 0 atom stereocenters. The molecule has 2 aromatic carbocycles. The van der Waals surface area contributed by atoms with Gasteiger partial charge >= 0.3 is 5.97 Å². The van der Waals surface area contributed by atoms with Crippen molar-refractivity contribution in [1.82, 2.24) is 4.98 Å². The summed E-state index contributed by atoms with van der Waals surface area (Å²) >= 11 is 0. The number of anilines is 1. The number of carbonyl (C=O) groups is 2. The molecule has 0 aliphatic rings. The zero-order valence-corrected chi connectivity index (χ0v) is 12.6. The summed E-state index contributed by atoms with van der Waals surface area (Å²) in [5, 5.41) is 3.83. The largest absolute Gasteiger partial charge is 0.465 e. The van der Waals surface area contributed by atoms with Crippen molar-refractivity contribution in [3.05, 3.63) is 65.9 Å². The molecular formula is C18H16N2O3. The number of benzene rings is 2. The SMILES string of the molecule is COC(=O)c1ccccc1NC(=O)Cc1ccc2[nH]ccc2c1. The first-order valence-electron chi connectivity index (χ1n) is 7.20. The average Bonchev–Trinajstić information content (AvgIpc) is 3.02. The van der Waals surface area contributed by atoms with Crippen LogP contribution in [0.1, 0.15) is 15.9 Å². The summed E-state index contributed by atoms with van der Waals surface area (Å²) in [7, 11) is 1.31. The quantitative estimate of drug-likeness (QED) is 0.727. The summed E-state index contributed by atoms with van der Waals surface area (Å²) in [5.41, 5.74) is 2.73. The van der Waals surface area contributed by atoms with Crippen LogP contribution in [-0.2, 0) is 16.0 Å². The summed E-state index contributed by atoms with van der Waals surface area (Å²) in [5.74, 6) is -0.661. The molecule has 0 bridgehead atoms. The molecule has 0 radical (unpaired) electrons. The van der Waals surface area contributed by atoms with Gasteiger partial charge in [-0.15, -0.1) is 0 Å². The molecule has 1 amide bonds. The van der Waals surface area contributed by atoms with E-state index in [4.69, 9.17) is 4.74 Å². The van der Waals surface area contributed by atoms with Crippen molar-refractivity contribution in [3.8, 4) is 0 Å². The van der Waals surface area contributed by atoms with Crippen LogP contribution in [0.4, 0.5) is 5.69 Å². The van der Waals surface area contributed by atoms with Crippen LogP contribution >= 0.6 is 0 Å². The van der Waals surface area contributed by atoms with Gasteiger partial charge in [0.15, 0.2) is 0 Å². The Labute approximate surface area is 133 Å². The van der Waals surface area contributed by atoms with E-state index in [-0.39, 0.29) is 12.3 Å². The van der Waals surface area contributed by atoms with E-state index >= 15 is 0 Å². The van der Waals surface area contributed by atoms with Gasteiger partial charge in [0, 0.05) is 11.7 Å². The summed E-state index contributed by atoms with van der Waals surface area (Å²) < 4.78 is 4.72. The minimum Gasteiger partial charge on any atom is -0.465 e. The fourth-order valence-corrected chi connectivity index (χ4v) is 2.47. The van der Waals surface area contributed by atoms with Crippen LogP contribution in [0.15, 0.2) is 54.7 Å². The van der Waals surface area contributed by atoms with Gasteiger partial charge in [0.25, 0.3) is 0 Å². The van der Waals surface area contributed by atoms with Gasteiger partial charge in [0.05, 0.1) is 24.8 Å². The molecule has 0 saturated carbocycles. The topological polar surface area (TPSA) is 71.2 Å². The Morgan fingerprint density at radius 1 is 1.13 bits per heavy atom. The van der Waals surface area contributed by atoms with Crippen molar-refractivity contribution in [3.63, 3.8) is 0 Å². The molecule has 1 heterocycles. The second-order valence-corrected chi connectivity index (χ2v) is 5.16. The Morgan fingerprint density at radius 3 is 2.78 bits per heavy atom. The molecular weight excluding hydrogens is 292 g/mol. The Hall–Kier alpha value is -3.08. The summed E-state index contributed by atoms with van der Waals surface area (Å²) in [6.07, 6.45) is 2.09. The minimum absolute atomic E-state index is 0.184. The van der Waals surface area contributed by atoms with Crippen LogP contribution in [0.2, 0.25) is 0 Å². The fraction of sp³-hybridized carbons (Fsp3) is 0.111. The van der Waals surface area contributed by atoms with Gasteiger partial charge in [-0.1, -0.05) is 18.2 Å². The number of para-hydroxylation sites is 1. The number of H-pyrrole nitrogens is 1. The number of nitrogens with one attached hydrogen (secondary N) is 2. The third-order valence-corrected chi connectivity index (χ3v) is 3.59. The zero-order valence-electron chi connectivity index (χ0n) is 12.6. The van der Waals surface area contributed by atoms with Crippen molar-refractivity contribution in [2.24, 2.45) is 0 Å². The zero-order chi connectivity index (χ0) is 16.2. The highest BCUT2D eigenvalue weighted by Gasteiger charge is 2.13. The van der Waals surface area contributed by atoms with Crippen LogP contribution in [0, 0.1) is 0 Å². The van der Waals surface area contributed by atoms with Crippen molar-refractivity contribution in [2.45, 2.75) is 6.42 Å². The predicted octanol–water partition coefficient (Wildman–Crippen LogP) is 3.14. The number of aromatic nitrogens is 1. The van der Waals surface area contributed by atoms with Gasteiger partial charge in [-0.05, 0) is 41.3 Å². The first-order chi connectivity index (χ1) is 11.2. The van der Waals surface area contributed by atoms with Gasteiger partial charge in [-0.25, -0.2) is 4.79 Å². The second kappa shape index (κ2) is 6.36. The van der Waals surface area contributed by atoms with E-state index in [0.29, 0.717) is 11.3 Å². The number of methoxy groups -OCH3 is 1. The van der Waals surface area contributed by atoms with E-state index in [1.165, 1.54) is 7.11 Å². The van der Waals surface area contributed by atoms with E-state index in [2.05, 4.69) is 10.3 Å². The molecule has 0 aliphatic heterocycles. The summed E-state index contributed by atoms with van der Waals surface area (Å²) in [4.78, 5) is 27.1. The Kier molecular flexibility index (Phi) is 4.10. The third kappa shape index (κ3) is 3.23. The molecule has 116 valence electrons. The smallest absolute Gasteiger partial charge is 0.339 e. The van der Waals surface area contributed by atoms with Crippen LogP contribution in [0.25, 0.3) is 10.9 Å². The van der Waals surface area contributed by atoms with E-state index in [1.807, 2.05) is 30.5 Å². The number of ether oxygens (including phenoxy) is 1. The number of rotatable bonds is 4. The lowest BCUT2D eigenvalue weighted by Gasteiger charge is -2.09. The monoisotopic (exact) mass is 308 g/mol. The molecule has 5 nitrogen and oxygen atoms in total. The molecule has 2 N–H and O–H groups in total. The molecule has 0 saturated heterocycles. The highest BCUT2D eigenvalue weighted by atomic mass is 16.5. The first kappa shape index (κ1) is 14.8. The number of amides is 1. The summed E-state index contributed by atoms with van der Waals surface area (Å²) in [6.45, 7) is 0. The highest BCUT2D eigenvalue weighted by molar-refractivity contribution is 6.01. The lowest BCUT2D eigenvalue weighted by atomic mass is 10.1. The molecule has 0 unspecified atom stereocenters. The third-order valence-electron chi connectivity index (χ3n) is 3.59. The maximum Gasteiger partial charge on any atom is 0.339 e. The van der Waals surface area contributed by atoms with Crippen LogP contribution in [0.3, 0.4) is 0 Å². The summed E-state index contributed by atoms with van der Waals surface area (Å²) in [6, 6.07) is 14.6. The van der Waals surface area contributed by atoms with E-state index < -0.39 is 5.97 Å². The highest BCUT2D eigenvalue weighted by Crippen LogP contribution is 2.18. The van der Waals surface area contributed by atoms with Gasteiger partial charge in [-0.3, -0.25) is 4.79 Å². The second-order valence-electron chi connectivity index (χ2n) is 5.16. The number of fused-ring (bicyclic) bond motifs is 1. The lowest BCUT2D eigenvalue weighted by Crippen LogP contribution is -2.17. The Balaban J connectivity index is 1.75. The molecule has 0 aliphatic carbocycles. The molecule has 0 fully saturated rings. The van der Waals surface area contributed by atoms with Crippen molar-refractivity contribution >= 4 is 28.5 Å². The van der Waals surface area contributed by atoms with Crippen molar-refractivity contribution in [1.29, 1.82) is 0 Å². The van der Waals surface area contributed by atoms with Crippen molar-refractivity contribution < 1.29 is 14.3 Å². The molecule has 0 spiro atoms. The van der Waals surface area contributed by atoms with Gasteiger partial charge in [-0.2, -0.15) is 0 Å². The molecule has 23 heavy (non-hydrogen) atoms. The molecule has 1 aromatic heterocycles. The van der Waals surface area contributed by atoms with Crippen LogP contribution < -0.4 is 5.32 Å². The fourth-order valence-electron chi connectivity index (χ4n) is 2.47. The van der Waals surface area contributed by atoms with Crippen LogP contribution in [-0.4, -0.2) is 24.0 Å². The van der Waals surface area contributed by atoms with E-state index in [9.17, 15) is 9.59 Å². The van der Waals surface area contributed by atoms with Crippen molar-refractivity contribution in [2.75, 3.05) is 12.4 Å². The normalized spacial score (nSPS) is 10.5. The number of aromatic amines is 1. The maximum absolute atomic E-state index is 12.2. The number of hydrogen-bond donors (Lipinski definition) is 2. The number of hydrogen-bond acceptors (Lipinski definition) is 3. The predicted molar refractivity (Wildman–Crippen MR) is 88.4 cm³/mol. The van der Waals surface area contributed by atoms with E-state index in [0.717, 1.165) is 16.5 Å². The van der Waals surface area contributed by atoms with Gasteiger partial charge < -0.3 is 15.0 Å². The molecule has 3 aromatic rings. The Bertz CT molecular complexity index is 867. The Morgan fingerprint density at radius 2 is 1.96 bits per heavy atom. The minimum atomic E-state index is -0.477. The number of esters is 1. The van der Waals surface area contributed by atoms with Crippen LogP contribution in [0.5, 0.6) is 0 Å². The number of carbonyl (C=O) groups excluding carboxylic acids is 2. The standard InChI is InChI=1S/C18H16N2O3/c1-23-18(22)14-4-2-3-5-16(14)20-17(21)11-12-6-7-15-13(10-12)8-9-19-15/h2-10,19H,11H2,1H3,(H,20,21). The molecule has 5 heteroatoms. The van der Waals surface area contributed by atoms with Gasteiger partial charge in [0.1, 0.15) is 0 Å². The first-order valence-corrected chi connectivity index (χ1v) is 7.20. The lowest BCUT2D eigenvalue weighted by molar-refractivity contribution is -0.115. The van der Waals surface area contributed by atoms with Gasteiger partial charge in [0.2, 0.25) is 5.91 Å². The maximum atomic E-state index is 12.2.